The zero-order valence-corrected chi connectivity index (χ0v) is 12.8. The lowest BCUT2D eigenvalue weighted by Crippen LogP contribution is -2.49. The largest absolute Gasteiger partial charge is 0.467 e. The summed E-state index contributed by atoms with van der Waals surface area (Å²) in [6.07, 6.45) is 1.59. The Morgan fingerprint density at radius 2 is 1.74 bits per heavy atom. The number of aliphatic imine (C=N–C) groups is 1. The van der Waals surface area contributed by atoms with Crippen molar-refractivity contribution in [3.63, 3.8) is 0 Å². The maximum Gasteiger partial charge on any atom is 0.303 e. The molecule has 0 amide bonds. The molecule has 0 saturated carbocycles. The van der Waals surface area contributed by atoms with Crippen LogP contribution >= 0.6 is 0 Å². The number of esters is 2. The molecule has 0 aromatic heterocycles. The molecular weight excluding hydrogens is 298 g/mol. The van der Waals surface area contributed by atoms with Crippen LogP contribution in [0.4, 0.5) is 0 Å². The fourth-order valence-corrected chi connectivity index (χ4v) is 2.72. The van der Waals surface area contributed by atoms with Crippen molar-refractivity contribution in [3.05, 3.63) is 48.0 Å². The van der Waals surface area contributed by atoms with Gasteiger partial charge in [0.1, 0.15) is 6.04 Å². The van der Waals surface area contributed by atoms with Crippen LogP contribution in [-0.2, 0) is 23.8 Å². The number of nitrogens with zero attached hydrogens (tertiary/aromatic N) is 1. The number of carbonyl (C=O) groups is 2. The third-order valence-corrected chi connectivity index (χ3v) is 3.62. The third kappa shape index (κ3) is 3.26. The van der Waals surface area contributed by atoms with E-state index in [0.717, 1.165) is 5.56 Å². The van der Waals surface area contributed by atoms with Gasteiger partial charge in [0.15, 0.2) is 18.3 Å². The number of ether oxygens (including phenoxy) is 3. The van der Waals surface area contributed by atoms with Crippen molar-refractivity contribution in [2.75, 3.05) is 0 Å². The summed E-state index contributed by atoms with van der Waals surface area (Å²) in [5.74, 6) is -0.415. The van der Waals surface area contributed by atoms with Gasteiger partial charge in [0.25, 0.3) is 0 Å². The molecule has 1 aliphatic carbocycles. The monoisotopic (exact) mass is 315 g/mol. The summed E-state index contributed by atoms with van der Waals surface area (Å²) in [6, 6.07) is 9.20. The summed E-state index contributed by atoms with van der Waals surface area (Å²) < 4.78 is 16.5. The maximum absolute atomic E-state index is 11.4. The Labute approximate surface area is 133 Å². The normalized spacial score (nSPS) is 28.3. The number of fused-ring (bicyclic) bond motifs is 1. The number of rotatable bonds is 3. The molecule has 23 heavy (non-hydrogen) atoms. The minimum atomic E-state index is -0.726. The van der Waals surface area contributed by atoms with E-state index in [9.17, 15) is 9.59 Å². The summed E-state index contributed by atoms with van der Waals surface area (Å²) in [4.78, 5) is 27.2. The smallest absolute Gasteiger partial charge is 0.303 e. The third-order valence-electron chi connectivity index (χ3n) is 3.62. The molecule has 0 radical (unpaired) electrons. The van der Waals surface area contributed by atoms with Crippen LogP contribution in [0.25, 0.3) is 0 Å². The van der Waals surface area contributed by atoms with Gasteiger partial charge in [-0.25, -0.2) is 4.99 Å². The molecule has 0 saturated heterocycles. The first-order valence-electron chi connectivity index (χ1n) is 7.37. The van der Waals surface area contributed by atoms with E-state index in [1.54, 1.807) is 6.08 Å². The second kappa shape index (κ2) is 6.24. The van der Waals surface area contributed by atoms with Crippen molar-refractivity contribution in [2.24, 2.45) is 4.99 Å². The fourth-order valence-electron chi connectivity index (χ4n) is 2.72. The van der Waals surface area contributed by atoms with E-state index in [4.69, 9.17) is 14.2 Å². The van der Waals surface area contributed by atoms with Crippen LogP contribution in [0, 0.1) is 0 Å². The van der Waals surface area contributed by atoms with Crippen LogP contribution in [0.3, 0.4) is 0 Å². The molecule has 1 aromatic carbocycles. The Morgan fingerprint density at radius 1 is 1.04 bits per heavy atom. The van der Waals surface area contributed by atoms with Gasteiger partial charge in [-0.05, 0) is 18.2 Å². The molecule has 0 bridgehead atoms. The summed E-state index contributed by atoms with van der Waals surface area (Å²) in [5, 5.41) is 0. The number of benzene rings is 1. The highest BCUT2D eigenvalue weighted by Gasteiger charge is 2.46. The second-order valence-electron chi connectivity index (χ2n) is 5.41. The molecule has 0 N–H and O–H groups in total. The van der Waals surface area contributed by atoms with Gasteiger partial charge in [-0.3, -0.25) is 9.59 Å². The molecule has 1 heterocycles. The van der Waals surface area contributed by atoms with E-state index in [-0.39, 0.29) is 6.04 Å². The predicted octanol–water partition coefficient (Wildman–Crippen LogP) is 1.63. The Kier molecular flexibility index (Phi) is 4.14. The Bertz CT molecular complexity index is 667. The minimum Gasteiger partial charge on any atom is -0.467 e. The second-order valence-corrected chi connectivity index (χ2v) is 5.41. The van der Waals surface area contributed by atoms with Gasteiger partial charge in [-0.1, -0.05) is 24.3 Å². The molecule has 120 valence electrons. The van der Waals surface area contributed by atoms with Crippen molar-refractivity contribution in [2.45, 2.75) is 38.2 Å². The first kappa shape index (κ1) is 15.3. The number of carbonyl (C=O) groups excluding carboxylic acids is 2. The lowest BCUT2D eigenvalue weighted by Gasteiger charge is -2.33. The van der Waals surface area contributed by atoms with E-state index in [0.29, 0.717) is 5.90 Å². The molecule has 0 unspecified atom stereocenters. The topological polar surface area (TPSA) is 74.2 Å². The molecule has 6 nitrogen and oxygen atoms in total. The van der Waals surface area contributed by atoms with Gasteiger partial charge in [-0.15, -0.1) is 0 Å². The lowest BCUT2D eigenvalue weighted by molar-refractivity contribution is -0.169. The van der Waals surface area contributed by atoms with Crippen LogP contribution in [0.1, 0.15) is 19.4 Å². The van der Waals surface area contributed by atoms with Gasteiger partial charge in [0.05, 0.1) is 0 Å². The van der Waals surface area contributed by atoms with E-state index in [2.05, 4.69) is 4.99 Å². The highest BCUT2D eigenvalue weighted by molar-refractivity contribution is 5.95. The molecule has 6 heteroatoms. The van der Waals surface area contributed by atoms with E-state index < -0.39 is 30.3 Å². The number of hydrogen-bond donors (Lipinski definition) is 0. The van der Waals surface area contributed by atoms with Crippen LogP contribution in [0.5, 0.6) is 0 Å². The van der Waals surface area contributed by atoms with Gasteiger partial charge >= 0.3 is 11.9 Å². The zero-order chi connectivity index (χ0) is 16.4. The summed E-state index contributed by atoms with van der Waals surface area (Å²) >= 11 is 0. The van der Waals surface area contributed by atoms with Gasteiger partial charge in [-0.2, -0.15) is 0 Å². The van der Waals surface area contributed by atoms with Crippen molar-refractivity contribution >= 4 is 17.8 Å². The van der Waals surface area contributed by atoms with Crippen molar-refractivity contribution in [1.29, 1.82) is 0 Å². The van der Waals surface area contributed by atoms with Gasteiger partial charge < -0.3 is 14.2 Å². The lowest BCUT2D eigenvalue weighted by atomic mass is 9.94. The quantitative estimate of drug-likeness (QED) is 0.626. The average molecular weight is 315 g/mol. The van der Waals surface area contributed by atoms with Crippen LogP contribution < -0.4 is 0 Å². The first-order valence-corrected chi connectivity index (χ1v) is 7.37. The van der Waals surface area contributed by atoms with Gasteiger partial charge in [0.2, 0.25) is 5.90 Å². The molecule has 0 fully saturated rings. The van der Waals surface area contributed by atoms with Crippen molar-refractivity contribution in [3.8, 4) is 0 Å². The highest BCUT2D eigenvalue weighted by atomic mass is 16.6. The van der Waals surface area contributed by atoms with Crippen molar-refractivity contribution in [1.82, 2.24) is 0 Å². The van der Waals surface area contributed by atoms with Crippen LogP contribution in [-0.4, -0.2) is 42.2 Å². The summed E-state index contributed by atoms with van der Waals surface area (Å²) in [7, 11) is 0. The maximum atomic E-state index is 11.4. The SMILES string of the molecule is CC(=O)O[C@@H]1[C@@H]2OC(c3ccccc3)=N[C@@H]2C=C[C@H]1OC(C)=O. The Morgan fingerprint density at radius 3 is 2.39 bits per heavy atom. The predicted molar refractivity (Wildman–Crippen MR) is 81.9 cm³/mol. The molecule has 4 atom stereocenters. The van der Waals surface area contributed by atoms with E-state index in [1.807, 2.05) is 36.4 Å². The Hall–Kier alpha value is -2.63. The van der Waals surface area contributed by atoms with E-state index in [1.165, 1.54) is 13.8 Å². The Balaban J connectivity index is 1.84. The molecule has 3 rings (SSSR count). The van der Waals surface area contributed by atoms with E-state index >= 15 is 0 Å². The van der Waals surface area contributed by atoms with Gasteiger partial charge in [0, 0.05) is 19.4 Å². The highest BCUT2D eigenvalue weighted by Crippen LogP contribution is 2.30. The molecule has 0 spiro atoms. The fraction of sp³-hybridized carbons (Fsp3) is 0.353. The summed E-state index contributed by atoms with van der Waals surface area (Å²) in [6.45, 7) is 2.62. The summed E-state index contributed by atoms with van der Waals surface area (Å²) in [5.41, 5.74) is 0.848. The average Bonchev–Trinajstić information content (AvgIpc) is 2.94. The zero-order valence-electron chi connectivity index (χ0n) is 12.8. The molecule has 2 aliphatic rings. The van der Waals surface area contributed by atoms with Crippen molar-refractivity contribution < 1.29 is 23.8 Å². The molecule has 1 aliphatic heterocycles. The minimum absolute atomic E-state index is 0.277. The first-order chi connectivity index (χ1) is 11.0. The van der Waals surface area contributed by atoms with Crippen LogP contribution in [0.2, 0.25) is 0 Å². The molecule has 1 aromatic rings. The standard InChI is InChI=1S/C17H17NO5/c1-10(19)21-14-9-8-13-15(16(14)22-11(2)20)23-17(18-13)12-6-4-3-5-7-12/h3-9,13-16H,1-2H3/t13-,14-,15-,16+/m1/s1. The number of hydrogen-bond acceptors (Lipinski definition) is 6. The van der Waals surface area contributed by atoms with Crippen LogP contribution in [0.15, 0.2) is 47.5 Å². The molecular formula is C17H17NO5.